The molecule has 0 spiro atoms. The van der Waals surface area contributed by atoms with Crippen LogP contribution in [0.15, 0.2) is 24.3 Å². The van der Waals surface area contributed by atoms with Gasteiger partial charge in [-0.15, -0.1) is 0 Å². The Labute approximate surface area is 134 Å². The van der Waals surface area contributed by atoms with Gasteiger partial charge in [0.05, 0.1) is 0 Å². The minimum atomic E-state index is 0. The van der Waals surface area contributed by atoms with Gasteiger partial charge in [-0.3, -0.25) is 0 Å². The molecule has 2 rings (SSSR count). The maximum Gasteiger partial charge on any atom is 0 e. The van der Waals surface area contributed by atoms with E-state index < -0.39 is 0 Å². The molecule has 0 aromatic heterocycles. The Kier molecular flexibility index (Phi) is 12.3. The largest absolute Gasteiger partial charge is 0.330 e. The standard InChI is InChI=1S/C15H24N2.2C2H6.H2/c1-2-17-11-8-15(9-12-17)14-5-3-13(4-6-14)7-10-16;2*1-2;/h3-6,15H,2,7-12,16H2,1H3;2*1-2H3;1H. The van der Waals surface area contributed by atoms with Crippen molar-refractivity contribution >= 4 is 0 Å². The molecule has 1 aliphatic rings. The van der Waals surface area contributed by atoms with Crippen molar-refractivity contribution in [3.05, 3.63) is 35.4 Å². The number of hydrogen-bond acceptors (Lipinski definition) is 2. The van der Waals surface area contributed by atoms with Gasteiger partial charge in [-0.1, -0.05) is 58.9 Å². The van der Waals surface area contributed by atoms with Crippen molar-refractivity contribution in [2.24, 2.45) is 5.73 Å². The molecule has 0 unspecified atom stereocenters. The summed E-state index contributed by atoms with van der Waals surface area (Å²) in [6, 6.07) is 9.09. The zero-order valence-corrected chi connectivity index (χ0v) is 14.9. The summed E-state index contributed by atoms with van der Waals surface area (Å²) in [5.41, 5.74) is 8.44. The maximum atomic E-state index is 5.57. The second kappa shape index (κ2) is 12.8. The van der Waals surface area contributed by atoms with Crippen LogP contribution in [0.4, 0.5) is 0 Å². The highest BCUT2D eigenvalue weighted by Gasteiger charge is 2.19. The van der Waals surface area contributed by atoms with Crippen LogP contribution < -0.4 is 5.73 Å². The summed E-state index contributed by atoms with van der Waals surface area (Å²) in [6.45, 7) is 14.7. The smallest absolute Gasteiger partial charge is 0 e. The second-order valence-electron chi connectivity index (χ2n) is 4.99. The van der Waals surface area contributed by atoms with Crippen LogP contribution in [0.2, 0.25) is 0 Å². The molecule has 0 radical (unpaired) electrons. The van der Waals surface area contributed by atoms with Gasteiger partial charge in [0.1, 0.15) is 0 Å². The SMILES string of the molecule is CC.CC.CCN1CCC(c2ccc(CCN)cc2)CC1.[HH]. The lowest BCUT2D eigenvalue weighted by Crippen LogP contribution is -2.32. The van der Waals surface area contributed by atoms with Crippen molar-refractivity contribution in [3.8, 4) is 0 Å². The Hall–Kier alpha value is -0.860. The zero-order chi connectivity index (χ0) is 16.1. The average Bonchev–Trinajstić information content (AvgIpc) is 2.60. The summed E-state index contributed by atoms with van der Waals surface area (Å²) in [5.74, 6) is 0.768. The van der Waals surface area contributed by atoms with Gasteiger partial charge in [-0.25, -0.2) is 0 Å². The third kappa shape index (κ3) is 7.10. The summed E-state index contributed by atoms with van der Waals surface area (Å²) in [5, 5.41) is 0. The number of rotatable bonds is 4. The molecule has 0 saturated carbocycles. The van der Waals surface area contributed by atoms with E-state index in [1.165, 1.54) is 43.6 Å². The van der Waals surface area contributed by atoms with Crippen molar-refractivity contribution in [3.63, 3.8) is 0 Å². The lowest BCUT2D eigenvalue weighted by molar-refractivity contribution is 0.222. The molecular weight excluding hydrogens is 256 g/mol. The molecule has 1 fully saturated rings. The molecule has 0 amide bonds. The third-order valence-electron chi connectivity index (χ3n) is 3.92. The molecule has 1 aromatic carbocycles. The normalized spacial score (nSPS) is 15.5. The van der Waals surface area contributed by atoms with Gasteiger partial charge in [-0.05, 0) is 62.5 Å². The van der Waals surface area contributed by atoms with E-state index in [9.17, 15) is 0 Å². The van der Waals surface area contributed by atoms with Gasteiger partial charge in [0.25, 0.3) is 0 Å². The summed E-state index contributed by atoms with van der Waals surface area (Å²) in [7, 11) is 0. The fourth-order valence-electron chi connectivity index (χ4n) is 2.71. The Morgan fingerprint density at radius 3 is 2.00 bits per heavy atom. The monoisotopic (exact) mass is 294 g/mol. The highest BCUT2D eigenvalue weighted by Crippen LogP contribution is 2.27. The molecule has 0 aliphatic carbocycles. The molecule has 21 heavy (non-hydrogen) atoms. The first-order valence-electron chi connectivity index (χ1n) is 8.84. The van der Waals surface area contributed by atoms with E-state index in [1.54, 1.807) is 0 Å². The van der Waals surface area contributed by atoms with E-state index in [0.717, 1.165) is 18.9 Å². The van der Waals surface area contributed by atoms with E-state index >= 15 is 0 Å². The van der Waals surface area contributed by atoms with E-state index in [4.69, 9.17) is 5.73 Å². The van der Waals surface area contributed by atoms with Gasteiger partial charge in [0.15, 0.2) is 0 Å². The van der Waals surface area contributed by atoms with Crippen molar-refractivity contribution in [1.82, 2.24) is 4.90 Å². The van der Waals surface area contributed by atoms with Crippen LogP contribution >= 0.6 is 0 Å². The van der Waals surface area contributed by atoms with Crippen LogP contribution in [-0.4, -0.2) is 31.1 Å². The zero-order valence-electron chi connectivity index (χ0n) is 14.9. The molecule has 1 aromatic rings. The lowest BCUT2D eigenvalue weighted by Gasteiger charge is -2.31. The van der Waals surface area contributed by atoms with Crippen molar-refractivity contribution < 1.29 is 1.43 Å². The Balaban J connectivity index is 0. The molecule has 0 atom stereocenters. The Morgan fingerprint density at radius 2 is 1.57 bits per heavy atom. The first-order valence-corrected chi connectivity index (χ1v) is 8.84. The molecule has 0 bridgehead atoms. The van der Waals surface area contributed by atoms with Gasteiger partial charge in [-0.2, -0.15) is 0 Å². The Morgan fingerprint density at radius 1 is 1.05 bits per heavy atom. The number of hydrogen-bond donors (Lipinski definition) is 1. The minimum absolute atomic E-state index is 0. The molecule has 2 nitrogen and oxygen atoms in total. The lowest BCUT2D eigenvalue weighted by atomic mass is 9.89. The maximum absolute atomic E-state index is 5.57. The molecular formula is C19H38N2. The van der Waals surface area contributed by atoms with E-state index in [1.807, 2.05) is 27.7 Å². The summed E-state index contributed by atoms with van der Waals surface area (Å²) < 4.78 is 0. The van der Waals surface area contributed by atoms with E-state index in [0.29, 0.717) is 0 Å². The van der Waals surface area contributed by atoms with E-state index in [2.05, 4.69) is 36.1 Å². The highest BCUT2D eigenvalue weighted by atomic mass is 15.1. The summed E-state index contributed by atoms with van der Waals surface area (Å²) in [6.07, 6.45) is 3.61. The Bertz CT molecular complexity index is 330. The van der Waals surface area contributed by atoms with Gasteiger partial charge < -0.3 is 10.6 Å². The predicted molar refractivity (Wildman–Crippen MR) is 98.1 cm³/mol. The fraction of sp³-hybridized carbons (Fsp3) is 0.684. The van der Waals surface area contributed by atoms with Crippen LogP contribution in [0.3, 0.4) is 0 Å². The topological polar surface area (TPSA) is 29.3 Å². The third-order valence-corrected chi connectivity index (χ3v) is 3.92. The summed E-state index contributed by atoms with van der Waals surface area (Å²) >= 11 is 0. The second-order valence-corrected chi connectivity index (χ2v) is 4.99. The molecule has 1 aliphatic heterocycles. The van der Waals surface area contributed by atoms with Crippen LogP contribution in [0.25, 0.3) is 0 Å². The van der Waals surface area contributed by atoms with Gasteiger partial charge in [0, 0.05) is 1.43 Å². The average molecular weight is 295 g/mol. The molecule has 1 heterocycles. The summed E-state index contributed by atoms with van der Waals surface area (Å²) in [4.78, 5) is 2.54. The van der Waals surface area contributed by atoms with Crippen LogP contribution in [0.1, 0.15) is 65.9 Å². The number of nitrogens with zero attached hydrogens (tertiary/aromatic N) is 1. The highest BCUT2D eigenvalue weighted by molar-refractivity contribution is 5.26. The quantitative estimate of drug-likeness (QED) is 0.873. The number of nitrogens with two attached hydrogens (primary N) is 1. The fourth-order valence-corrected chi connectivity index (χ4v) is 2.71. The molecule has 2 heteroatoms. The first-order chi connectivity index (χ1) is 10.3. The number of likely N-dealkylation sites (tertiary alicyclic amines) is 1. The van der Waals surface area contributed by atoms with Crippen LogP contribution in [-0.2, 0) is 6.42 Å². The van der Waals surface area contributed by atoms with Gasteiger partial charge >= 0.3 is 0 Å². The molecule has 2 N–H and O–H groups in total. The van der Waals surface area contributed by atoms with Crippen molar-refractivity contribution in [1.29, 1.82) is 0 Å². The van der Waals surface area contributed by atoms with Gasteiger partial charge in [0.2, 0.25) is 0 Å². The van der Waals surface area contributed by atoms with E-state index in [-0.39, 0.29) is 1.43 Å². The van der Waals surface area contributed by atoms with Crippen molar-refractivity contribution in [2.75, 3.05) is 26.2 Å². The molecule has 124 valence electrons. The number of piperidine rings is 1. The van der Waals surface area contributed by atoms with Crippen LogP contribution in [0.5, 0.6) is 0 Å². The predicted octanol–water partition coefficient (Wildman–Crippen LogP) is 4.69. The first kappa shape index (κ1) is 20.1. The molecule has 1 saturated heterocycles. The minimum Gasteiger partial charge on any atom is -0.330 e. The number of benzene rings is 1. The van der Waals surface area contributed by atoms with Crippen molar-refractivity contribution in [2.45, 2.75) is 59.8 Å². The van der Waals surface area contributed by atoms with Crippen LogP contribution in [0, 0.1) is 0 Å².